The van der Waals surface area contributed by atoms with Gasteiger partial charge in [0.1, 0.15) is 6.10 Å². The molecule has 3 unspecified atom stereocenters. The zero-order chi connectivity index (χ0) is 22.3. The molecule has 1 saturated carbocycles. The van der Waals surface area contributed by atoms with Crippen LogP contribution in [0.15, 0.2) is 36.4 Å². The number of hydrogen-bond acceptors (Lipinski definition) is 7. The maximum atomic E-state index is 12.4. The molecule has 1 aliphatic rings. The molecule has 3 atom stereocenters. The molecular formula is C20H23F3O7. The molecule has 0 aliphatic heterocycles. The third-order valence-electron chi connectivity index (χ3n) is 4.37. The fraction of sp³-hybridized carbons (Fsp3) is 0.500. The second-order valence-corrected chi connectivity index (χ2v) is 6.94. The minimum atomic E-state index is -4.90. The number of ether oxygens (including phenoxy) is 4. The molecule has 0 heterocycles. The van der Waals surface area contributed by atoms with Crippen molar-refractivity contribution in [3.63, 3.8) is 0 Å². The Balaban J connectivity index is 1.80. The first-order chi connectivity index (χ1) is 14.0. The van der Waals surface area contributed by atoms with Gasteiger partial charge in [-0.1, -0.05) is 18.7 Å². The number of aliphatic hydroxyl groups excluding tert-OH is 1. The number of para-hydroxylation sites is 2. The molecule has 0 spiro atoms. The summed E-state index contributed by atoms with van der Waals surface area (Å²) in [5, 5.41) is 10.2. The van der Waals surface area contributed by atoms with Crippen molar-refractivity contribution in [2.24, 2.45) is 5.92 Å². The van der Waals surface area contributed by atoms with E-state index in [1.54, 1.807) is 0 Å². The standard InChI is InChI=1S/C20H23F3O7/c1-12(2)19(26)28-10-13-7-8-15(14(24)9-13)29-18(25)11-27-16-5-3-4-6-17(16)30-20(21,22)23/h3-6,13-15,24H,1,7-11H2,2H3. The minimum absolute atomic E-state index is 0.0825. The third kappa shape index (κ3) is 7.58. The van der Waals surface area contributed by atoms with Gasteiger partial charge in [-0.15, -0.1) is 13.2 Å². The van der Waals surface area contributed by atoms with Gasteiger partial charge >= 0.3 is 18.3 Å². The molecule has 1 aromatic rings. The smallest absolute Gasteiger partial charge is 0.478 e. The Bertz CT molecular complexity index is 763. The van der Waals surface area contributed by atoms with E-state index < -0.39 is 42.9 Å². The van der Waals surface area contributed by atoms with Gasteiger partial charge in [-0.05, 0) is 44.2 Å². The van der Waals surface area contributed by atoms with Gasteiger partial charge in [-0.2, -0.15) is 0 Å². The molecule has 1 aliphatic carbocycles. The molecule has 0 radical (unpaired) electrons. The number of benzene rings is 1. The molecule has 0 amide bonds. The first kappa shape index (κ1) is 23.5. The van der Waals surface area contributed by atoms with E-state index >= 15 is 0 Å². The summed E-state index contributed by atoms with van der Waals surface area (Å²) in [6, 6.07) is 5.03. The highest BCUT2D eigenvalue weighted by molar-refractivity contribution is 5.86. The van der Waals surface area contributed by atoms with Gasteiger partial charge in [0, 0.05) is 5.57 Å². The number of rotatable bonds is 8. The maximum Gasteiger partial charge on any atom is 0.573 e. The van der Waals surface area contributed by atoms with E-state index in [1.807, 2.05) is 0 Å². The summed E-state index contributed by atoms with van der Waals surface area (Å²) < 4.78 is 56.4. The van der Waals surface area contributed by atoms with Crippen LogP contribution in [0.5, 0.6) is 11.5 Å². The topological polar surface area (TPSA) is 91.3 Å². The van der Waals surface area contributed by atoms with Gasteiger partial charge in [-0.25, -0.2) is 9.59 Å². The zero-order valence-electron chi connectivity index (χ0n) is 16.3. The molecule has 10 heteroatoms. The monoisotopic (exact) mass is 432 g/mol. The van der Waals surface area contributed by atoms with Crippen molar-refractivity contribution in [3.05, 3.63) is 36.4 Å². The summed E-state index contributed by atoms with van der Waals surface area (Å²) >= 11 is 0. The Morgan fingerprint density at radius 1 is 1.20 bits per heavy atom. The Labute approximate surface area is 171 Å². The van der Waals surface area contributed by atoms with E-state index in [0.717, 1.165) is 6.07 Å². The summed E-state index contributed by atoms with van der Waals surface area (Å²) in [7, 11) is 0. The normalized spacial score (nSPS) is 21.4. The van der Waals surface area contributed by atoms with E-state index in [-0.39, 0.29) is 30.3 Å². The predicted octanol–water partition coefficient (Wildman–Crippen LogP) is 3.16. The van der Waals surface area contributed by atoms with Crippen molar-refractivity contribution in [2.45, 2.75) is 44.8 Å². The van der Waals surface area contributed by atoms with E-state index in [2.05, 4.69) is 11.3 Å². The summed E-state index contributed by atoms with van der Waals surface area (Å²) in [6.45, 7) is 4.49. The van der Waals surface area contributed by atoms with Crippen molar-refractivity contribution in [3.8, 4) is 11.5 Å². The van der Waals surface area contributed by atoms with Gasteiger partial charge in [0.05, 0.1) is 12.7 Å². The number of esters is 2. The average molecular weight is 432 g/mol. The molecule has 0 saturated heterocycles. The van der Waals surface area contributed by atoms with E-state index in [4.69, 9.17) is 14.2 Å². The third-order valence-corrected chi connectivity index (χ3v) is 4.37. The van der Waals surface area contributed by atoms with Crippen LogP contribution in [0.1, 0.15) is 26.2 Å². The number of hydrogen-bond donors (Lipinski definition) is 1. The summed E-state index contributed by atoms with van der Waals surface area (Å²) in [6.07, 6.45) is -5.48. The van der Waals surface area contributed by atoms with Crippen LogP contribution in [0.2, 0.25) is 0 Å². The first-order valence-corrected chi connectivity index (χ1v) is 9.23. The molecule has 1 fully saturated rings. The Hall–Kier alpha value is -2.75. The molecule has 1 N–H and O–H groups in total. The lowest BCUT2D eigenvalue weighted by Crippen LogP contribution is -2.39. The molecule has 166 valence electrons. The van der Waals surface area contributed by atoms with Gasteiger partial charge in [0.2, 0.25) is 0 Å². The van der Waals surface area contributed by atoms with E-state index in [1.165, 1.54) is 25.1 Å². The van der Waals surface area contributed by atoms with Gasteiger partial charge in [0.15, 0.2) is 18.1 Å². The van der Waals surface area contributed by atoms with Crippen LogP contribution in [0.4, 0.5) is 13.2 Å². The van der Waals surface area contributed by atoms with Crippen LogP contribution in [-0.4, -0.2) is 48.8 Å². The number of halogens is 3. The lowest BCUT2D eigenvalue weighted by molar-refractivity contribution is -0.275. The molecule has 1 aromatic carbocycles. The summed E-state index contributed by atoms with van der Waals surface area (Å²) in [5.41, 5.74) is 0.278. The number of aliphatic hydroxyl groups is 1. The van der Waals surface area contributed by atoms with E-state index in [0.29, 0.717) is 12.8 Å². The Morgan fingerprint density at radius 2 is 1.87 bits per heavy atom. The van der Waals surface area contributed by atoms with Gasteiger partial charge in [-0.3, -0.25) is 0 Å². The van der Waals surface area contributed by atoms with Gasteiger partial charge < -0.3 is 24.1 Å². The predicted molar refractivity (Wildman–Crippen MR) is 97.6 cm³/mol. The van der Waals surface area contributed by atoms with Crippen molar-refractivity contribution in [2.75, 3.05) is 13.2 Å². The highest BCUT2D eigenvalue weighted by atomic mass is 19.4. The average Bonchev–Trinajstić information content (AvgIpc) is 2.66. The van der Waals surface area contributed by atoms with Crippen molar-refractivity contribution in [1.82, 2.24) is 0 Å². The molecule has 0 aromatic heterocycles. The lowest BCUT2D eigenvalue weighted by atomic mass is 9.86. The number of carbonyl (C=O) groups excluding carboxylic acids is 2. The fourth-order valence-electron chi connectivity index (χ4n) is 2.93. The van der Waals surface area contributed by atoms with Crippen LogP contribution in [0, 0.1) is 5.92 Å². The maximum absolute atomic E-state index is 12.4. The van der Waals surface area contributed by atoms with Crippen LogP contribution in [0.3, 0.4) is 0 Å². The molecular weight excluding hydrogens is 409 g/mol. The molecule has 0 bridgehead atoms. The largest absolute Gasteiger partial charge is 0.573 e. The highest BCUT2D eigenvalue weighted by Gasteiger charge is 2.34. The SMILES string of the molecule is C=C(C)C(=O)OCC1CCC(OC(=O)COc2ccccc2OC(F)(F)F)C(O)C1. The van der Waals surface area contributed by atoms with Crippen LogP contribution in [-0.2, 0) is 19.1 Å². The van der Waals surface area contributed by atoms with Crippen molar-refractivity contribution >= 4 is 11.9 Å². The second kappa shape index (κ2) is 10.3. The second-order valence-electron chi connectivity index (χ2n) is 6.94. The Morgan fingerprint density at radius 3 is 2.47 bits per heavy atom. The molecule has 7 nitrogen and oxygen atoms in total. The number of alkyl halides is 3. The van der Waals surface area contributed by atoms with E-state index in [9.17, 15) is 27.9 Å². The van der Waals surface area contributed by atoms with Crippen molar-refractivity contribution in [1.29, 1.82) is 0 Å². The minimum Gasteiger partial charge on any atom is -0.478 e. The van der Waals surface area contributed by atoms with Crippen LogP contribution in [0.25, 0.3) is 0 Å². The van der Waals surface area contributed by atoms with Crippen molar-refractivity contribution < 1.29 is 46.8 Å². The number of carbonyl (C=O) groups is 2. The summed E-state index contributed by atoms with van der Waals surface area (Å²) in [5.74, 6) is -2.28. The fourth-order valence-corrected chi connectivity index (χ4v) is 2.93. The van der Waals surface area contributed by atoms with Gasteiger partial charge in [0.25, 0.3) is 0 Å². The molecule has 2 rings (SSSR count). The molecule has 30 heavy (non-hydrogen) atoms. The summed E-state index contributed by atoms with van der Waals surface area (Å²) in [4.78, 5) is 23.4. The quantitative estimate of drug-likeness (QED) is 0.498. The zero-order valence-corrected chi connectivity index (χ0v) is 16.3. The first-order valence-electron chi connectivity index (χ1n) is 9.23. The Kier molecular flexibility index (Phi) is 8.10. The van der Waals surface area contributed by atoms with Crippen LogP contribution >= 0.6 is 0 Å². The lowest BCUT2D eigenvalue weighted by Gasteiger charge is -2.32. The highest BCUT2D eigenvalue weighted by Crippen LogP contribution is 2.32. The van der Waals surface area contributed by atoms with Crippen LogP contribution < -0.4 is 9.47 Å².